The monoisotopic (exact) mass is 480 g/mol. The van der Waals surface area contributed by atoms with Gasteiger partial charge in [0.1, 0.15) is 23.6 Å². The number of nitrogens with zero attached hydrogens (tertiary/aromatic N) is 1. The van der Waals surface area contributed by atoms with E-state index in [0.717, 1.165) is 34.7 Å². The Morgan fingerprint density at radius 1 is 1.25 bits per heavy atom. The lowest BCUT2D eigenvalue weighted by Crippen LogP contribution is -2.47. The summed E-state index contributed by atoms with van der Waals surface area (Å²) in [6.07, 6.45) is 3.26. The fourth-order valence-electron chi connectivity index (χ4n) is 4.01. The lowest BCUT2D eigenvalue weighted by atomic mass is 9.83. The Morgan fingerprint density at radius 3 is 2.53 bits per heavy atom. The SMILES string of the molecule is CCC1(CC)C[C@@H](NC(=O)CN(c2ccc(OC)c(Cl)c2)S(C)(=O)=O)c2ccccc2O1. The van der Waals surface area contributed by atoms with Gasteiger partial charge in [0.25, 0.3) is 0 Å². The number of benzene rings is 2. The van der Waals surface area contributed by atoms with Crippen molar-refractivity contribution >= 4 is 33.2 Å². The van der Waals surface area contributed by atoms with E-state index in [0.29, 0.717) is 12.2 Å². The first-order valence-corrected chi connectivity index (χ1v) is 12.7. The quantitative estimate of drug-likeness (QED) is 0.608. The average molecular weight is 481 g/mol. The Hall–Kier alpha value is -2.45. The molecule has 3 rings (SSSR count). The lowest BCUT2D eigenvalue weighted by molar-refractivity contribution is -0.121. The Kier molecular flexibility index (Phi) is 7.25. The third-order valence-corrected chi connectivity index (χ3v) is 7.37. The number of sulfonamides is 1. The van der Waals surface area contributed by atoms with Crippen molar-refractivity contribution in [3.8, 4) is 11.5 Å². The zero-order chi connectivity index (χ0) is 23.5. The third kappa shape index (κ3) is 5.13. The highest BCUT2D eigenvalue weighted by molar-refractivity contribution is 7.92. The molecular formula is C23H29ClN2O5S. The summed E-state index contributed by atoms with van der Waals surface area (Å²) in [4.78, 5) is 13.0. The van der Waals surface area contributed by atoms with Crippen molar-refractivity contribution in [2.45, 2.75) is 44.8 Å². The Labute approximate surface area is 194 Å². The zero-order valence-electron chi connectivity index (χ0n) is 18.7. The number of para-hydroxylation sites is 1. The molecule has 1 heterocycles. The number of carbonyl (C=O) groups excluding carboxylic acids is 1. The van der Waals surface area contributed by atoms with Gasteiger partial charge in [0, 0.05) is 12.0 Å². The third-order valence-electron chi connectivity index (χ3n) is 5.93. The standard InChI is InChI=1S/C23H29ClN2O5S/c1-5-23(6-2)14-19(17-9-7-8-10-20(17)31-23)25-22(27)15-26(32(4,28)29)16-11-12-21(30-3)18(24)13-16/h7-13,19H,5-6,14-15H2,1-4H3,(H,25,27)/t19-/m1/s1. The molecule has 0 unspecified atom stereocenters. The van der Waals surface area contributed by atoms with Gasteiger partial charge < -0.3 is 14.8 Å². The maximum Gasteiger partial charge on any atom is 0.241 e. The lowest BCUT2D eigenvalue weighted by Gasteiger charge is -2.41. The summed E-state index contributed by atoms with van der Waals surface area (Å²) in [5, 5.41) is 3.28. The highest BCUT2D eigenvalue weighted by Crippen LogP contribution is 2.42. The molecule has 0 fully saturated rings. The molecule has 9 heteroatoms. The van der Waals surface area contributed by atoms with Crippen LogP contribution in [0.15, 0.2) is 42.5 Å². The largest absolute Gasteiger partial charge is 0.495 e. The van der Waals surface area contributed by atoms with Crippen molar-refractivity contribution in [3.05, 3.63) is 53.1 Å². The molecule has 7 nitrogen and oxygen atoms in total. The molecule has 1 aliphatic rings. The van der Waals surface area contributed by atoms with Crippen molar-refractivity contribution in [1.29, 1.82) is 0 Å². The highest BCUT2D eigenvalue weighted by Gasteiger charge is 2.39. The number of methoxy groups -OCH3 is 1. The van der Waals surface area contributed by atoms with Crippen molar-refractivity contribution in [2.24, 2.45) is 0 Å². The van der Waals surface area contributed by atoms with E-state index in [1.807, 2.05) is 24.3 Å². The van der Waals surface area contributed by atoms with Crippen LogP contribution in [0.2, 0.25) is 5.02 Å². The molecule has 0 saturated heterocycles. The Balaban J connectivity index is 1.86. The number of carbonyl (C=O) groups is 1. The molecule has 0 radical (unpaired) electrons. The topological polar surface area (TPSA) is 84.9 Å². The Bertz CT molecular complexity index is 1090. The number of hydrogen-bond donors (Lipinski definition) is 1. The minimum absolute atomic E-state index is 0.257. The van der Waals surface area contributed by atoms with Crippen molar-refractivity contribution in [3.63, 3.8) is 0 Å². The second-order valence-electron chi connectivity index (χ2n) is 7.94. The van der Waals surface area contributed by atoms with Crippen molar-refractivity contribution < 1.29 is 22.7 Å². The second-order valence-corrected chi connectivity index (χ2v) is 10.3. The van der Waals surface area contributed by atoms with Gasteiger partial charge >= 0.3 is 0 Å². The molecule has 0 aliphatic carbocycles. The van der Waals surface area contributed by atoms with Gasteiger partial charge in [-0.25, -0.2) is 8.42 Å². The maximum absolute atomic E-state index is 13.0. The minimum Gasteiger partial charge on any atom is -0.495 e. The molecule has 2 aromatic rings. The number of amides is 1. The van der Waals surface area contributed by atoms with E-state index in [1.54, 1.807) is 12.1 Å². The minimum atomic E-state index is -3.73. The molecule has 174 valence electrons. The van der Waals surface area contributed by atoms with Crippen molar-refractivity contribution in [1.82, 2.24) is 5.32 Å². The second kappa shape index (κ2) is 9.58. The molecule has 32 heavy (non-hydrogen) atoms. The van der Waals surface area contributed by atoms with E-state index in [-0.39, 0.29) is 28.9 Å². The summed E-state index contributed by atoms with van der Waals surface area (Å²) < 4.78 is 37.4. The maximum atomic E-state index is 13.0. The predicted molar refractivity (Wildman–Crippen MR) is 126 cm³/mol. The summed E-state index contributed by atoms with van der Waals surface area (Å²) >= 11 is 6.17. The van der Waals surface area contributed by atoms with Crippen LogP contribution in [0.5, 0.6) is 11.5 Å². The molecule has 0 bridgehead atoms. The van der Waals surface area contributed by atoms with Gasteiger partial charge in [-0.1, -0.05) is 43.6 Å². The molecule has 0 aromatic heterocycles. The molecule has 0 spiro atoms. The first kappa shape index (κ1) is 24.2. The van der Waals surface area contributed by atoms with Crippen LogP contribution in [0, 0.1) is 0 Å². The molecule has 2 aromatic carbocycles. The highest BCUT2D eigenvalue weighted by atomic mass is 35.5. The van der Waals surface area contributed by atoms with Gasteiger partial charge in [0.15, 0.2) is 0 Å². The summed E-state index contributed by atoms with van der Waals surface area (Å²) in [6, 6.07) is 11.9. The average Bonchev–Trinajstić information content (AvgIpc) is 2.76. The molecule has 1 aliphatic heterocycles. The van der Waals surface area contributed by atoms with E-state index >= 15 is 0 Å². The van der Waals surface area contributed by atoms with Crippen LogP contribution in [-0.2, 0) is 14.8 Å². The molecule has 0 saturated carbocycles. The van der Waals surface area contributed by atoms with Gasteiger partial charge in [-0.3, -0.25) is 9.10 Å². The summed E-state index contributed by atoms with van der Waals surface area (Å²) in [7, 11) is -2.26. The van der Waals surface area contributed by atoms with Gasteiger partial charge in [0.2, 0.25) is 15.9 Å². The van der Waals surface area contributed by atoms with Crippen LogP contribution in [0.1, 0.15) is 44.7 Å². The fraction of sp³-hybridized carbons (Fsp3) is 0.435. The number of rotatable bonds is 8. The smallest absolute Gasteiger partial charge is 0.241 e. The van der Waals surface area contributed by atoms with Crippen LogP contribution < -0.4 is 19.1 Å². The van der Waals surface area contributed by atoms with Gasteiger partial charge in [-0.15, -0.1) is 0 Å². The number of halogens is 1. The van der Waals surface area contributed by atoms with E-state index in [4.69, 9.17) is 21.1 Å². The fourth-order valence-corrected chi connectivity index (χ4v) is 5.11. The number of hydrogen-bond acceptors (Lipinski definition) is 5. The Morgan fingerprint density at radius 2 is 1.94 bits per heavy atom. The van der Waals surface area contributed by atoms with Crippen LogP contribution in [0.4, 0.5) is 5.69 Å². The van der Waals surface area contributed by atoms with Crippen LogP contribution in [-0.4, -0.2) is 39.8 Å². The first-order valence-electron chi connectivity index (χ1n) is 10.5. The molecular weight excluding hydrogens is 452 g/mol. The van der Waals surface area contributed by atoms with Gasteiger partial charge in [0.05, 0.1) is 30.1 Å². The van der Waals surface area contributed by atoms with Crippen molar-refractivity contribution in [2.75, 3.05) is 24.2 Å². The van der Waals surface area contributed by atoms with E-state index in [9.17, 15) is 13.2 Å². The van der Waals surface area contributed by atoms with E-state index < -0.39 is 15.9 Å². The van der Waals surface area contributed by atoms with E-state index in [2.05, 4.69) is 19.2 Å². The van der Waals surface area contributed by atoms with Gasteiger partial charge in [-0.2, -0.15) is 0 Å². The molecule has 1 atom stereocenters. The van der Waals surface area contributed by atoms with Crippen LogP contribution in [0.3, 0.4) is 0 Å². The number of anilines is 1. The summed E-state index contributed by atoms with van der Waals surface area (Å²) in [5.41, 5.74) is 0.792. The summed E-state index contributed by atoms with van der Waals surface area (Å²) in [6.45, 7) is 3.76. The number of ether oxygens (including phenoxy) is 2. The molecule has 1 amide bonds. The number of fused-ring (bicyclic) bond motifs is 1. The van der Waals surface area contributed by atoms with Crippen LogP contribution >= 0.6 is 11.6 Å². The van der Waals surface area contributed by atoms with Crippen LogP contribution in [0.25, 0.3) is 0 Å². The van der Waals surface area contributed by atoms with Gasteiger partial charge in [-0.05, 0) is 37.1 Å². The number of nitrogens with one attached hydrogen (secondary N) is 1. The summed E-state index contributed by atoms with van der Waals surface area (Å²) in [5.74, 6) is 0.752. The van der Waals surface area contributed by atoms with E-state index in [1.165, 1.54) is 13.2 Å². The normalized spacial score (nSPS) is 17.1. The zero-order valence-corrected chi connectivity index (χ0v) is 20.3. The molecule has 1 N–H and O–H groups in total. The first-order chi connectivity index (χ1) is 15.1. The predicted octanol–water partition coefficient (Wildman–Crippen LogP) is 4.31.